The van der Waals surface area contributed by atoms with Gasteiger partial charge in [0.25, 0.3) is 0 Å². The Morgan fingerprint density at radius 1 is 1.00 bits per heavy atom. The van der Waals surface area contributed by atoms with E-state index >= 15 is 0 Å². The van der Waals surface area contributed by atoms with Gasteiger partial charge in [-0.05, 0) is 54.8 Å². The van der Waals surface area contributed by atoms with Crippen LogP contribution in [0.4, 0.5) is 17.1 Å². The number of hydrogen-bond donors (Lipinski definition) is 2. The maximum atomic E-state index is 12.5. The van der Waals surface area contributed by atoms with Crippen molar-refractivity contribution >= 4 is 51.7 Å². The molecule has 0 heterocycles. The molecule has 0 saturated carbocycles. The van der Waals surface area contributed by atoms with Crippen LogP contribution in [0.5, 0.6) is 0 Å². The fourth-order valence-corrected chi connectivity index (χ4v) is 4.16. The molecule has 3 aromatic rings. The van der Waals surface area contributed by atoms with Crippen molar-refractivity contribution in [2.75, 3.05) is 10.6 Å². The molecule has 0 bridgehead atoms. The normalized spacial score (nSPS) is 11.6. The smallest absolute Gasteiger partial charge is 0.227 e. The Labute approximate surface area is 194 Å². The predicted molar refractivity (Wildman–Crippen MR) is 136 cm³/mol. The van der Waals surface area contributed by atoms with Gasteiger partial charge in [-0.1, -0.05) is 80.5 Å². The Balaban J connectivity index is 1.80. The van der Waals surface area contributed by atoms with Crippen LogP contribution in [0.2, 0.25) is 5.02 Å². The lowest BCUT2D eigenvalue weighted by molar-refractivity contribution is -0.119. The second kappa shape index (κ2) is 10.6. The summed E-state index contributed by atoms with van der Waals surface area (Å²) in [7, 11) is 0. The summed E-state index contributed by atoms with van der Waals surface area (Å²) in [5, 5.41) is 6.98. The van der Waals surface area contributed by atoms with Gasteiger partial charge < -0.3 is 10.6 Å². The lowest BCUT2D eigenvalue weighted by Gasteiger charge is -2.16. The van der Waals surface area contributed by atoms with Crippen LogP contribution in [0.3, 0.4) is 0 Å². The number of hydrogen-bond acceptors (Lipinski definition) is 3. The van der Waals surface area contributed by atoms with Gasteiger partial charge >= 0.3 is 0 Å². The van der Waals surface area contributed by atoms with E-state index in [1.54, 1.807) is 0 Å². The van der Waals surface area contributed by atoms with Gasteiger partial charge in [-0.3, -0.25) is 4.79 Å². The van der Waals surface area contributed by atoms with Crippen LogP contribution in [0.1, 0.15) is 43.4 Å². The largest absolute Gasteiger partial charge is 0.354 e. The van der Waals surface area contributed by atoms with Gasteiger partial charge in [0.15, 0.2) is 0 Å². The van der Waals surface area contributed by atoms with Gasteiger partial charge in [0.2, 0.25) is 5.91 Å². The number of aryl methyl sites for hydroxylation is 1. The molecular formula is C26H27ClN2OS. The maximum absolute atomic E-state index is 12.5. The highest BCUT2D eigenvalue weighted by atomic mass is 35.5. The first-order valence-corrected chi connectivity index (χ1v) is 11.3. The van der Waals surface area contributed by atoms with Crippen molar-refractivity contribution in [1.29, 1.82) is 0 Å². The molecule has 0 aliphatic carbocycles. The molecule has 0 radical (unpaired) electrons. The molecule has 3 aromatic carbocycles. The highest BCUT2D eigenvalue weighted by Crippen LogP contribution is 2.30. The Morgan fingerprint density at radius 2 is 1.68 bits per heavy atom. The number of carbonyl (C=O) groups excluding carboxylic acids is 1. The van der Waals surface area contributed by atoms with Gasteiger partial charge in [0.1, 0.15) is 0 Å². The first kappa shape index (κ1) is 23.0. The first-order chi connectivity index (χ1) is 14.9. The van der Waals surface area contributed by atoms with E-state index in [-0.39, 0.29) is 11.8 Å². The van der Waals surface area contributed by atoms with Gasteiger partial charge in [0.05, 0.1) is 21.3 Å². The van der Waals surface area contributed by atoms with E-state index in [9.17, 15) is 4.79 Å². The van der Waals surface area contributed by atoms with Gasteiger partial charge in [-0.25, -0.2) is 0 Å². The molecule has 1 atom stereocenters. The summed E-state index contributed by atoms with van der Waals surface area (Å²) in [6.45, 7) is 6.07. The molecular weight excluding hydrogens is 424 g/mol. The Hall–Kier alpha value is -2.69. The molecule has 31 heavy (non-hydrogen) atoms. The fraction of sp³-hybridized carbons (Fsp3) is 0.231. The molecule has 0 spiro atoms. The lowest BCUT2D eigenvalue weighted by atomic mass is 10.00. The minimum absolute atomic E-state index is 0.0214. The van der Waals surface area contributed by atoms with E-state index in [0.717, 1.165) is 51.5 Å². The zero-order chi connectivity index (χ0) is 22.4. The van der Waals surface area contributed by atoms with E-state index in [4.69, 9.17) is 23.8 Å². The Bertz CT molecular complexity index is 1100. The van der Waals surface area contributed by atoms with E-state index in [2.05, 4.69) is 17.6 Å². The summed E-state index contributed by atoms with van der Waals surface area (Å²) in [6.07, 6.45) is 1.84. The van der Waals surface area contributed by atoms with Crippen molar-refractivity contribution in [3.8, 4) is 0 Å². The Morgan fingerprint density at radius 3 is 2.35 bits per heavy atom. The molecule has 3 nitrogen and oxygen atoms in total. The summed E-state index contributed by atoms with van der Waals surface area (Å²) in [4.78, 5) is 13.2. The summed E-state index contributed by atoms with van der Waals surface area (Å²) >= 11 is 12.3. The summed E-state index contributed by atoms with van der Waals surface area (Å²) < 4.78 is 0. The minimum atomic E-state index is -0.0331. The number of carbonyl (C=O) groups is 1. The molecule has 0 saturated heterocycles. The maximum Gasteiger partial charge on any atom is 0.227 e. The van der Waals surface area contributed by atoms with E-state index in [0.29, 0.717) is 5.02 Å². The van der Waals surface area contributed by atoms with E-state index < -0.39 is 0 Å². The van der Waals surface area contributed by atoms with Crippen LogP contribution >= 0.6 is 23.8 Å². The lowest BCUT2D eigenvalue weighted by Crippen LogP contribution is -2.20. The minimum Gasteiger partial charge on any atom is -0.354 e. The van der Waals surface area contributed by atoms with Crippen LogP contribution in [0.15, 0.2) is 66.7 Å². The second-order valence-electron chi connectivity index (χ2n) is 7.69. The molecule has 160 valence electrons. The van der Waals surface area contributed by atoms with Crippen molar-refractivity contribution in [1.82, 2.24) is 0 Å². The highest BCUT2D eigenvalue weighted by Gasteiger charge is 2.15. The molecule has 0 aliphatic rings. The first-order valence-electron chi connectivity index (χ1n) is 10.5. The molecule has 3 rings (SSSR count). The number of para-hydroxylation sites is 2. The summed E-state index contributed by atoms with van der Waals surface area (Å²) in [5.74, 6) is -0.0118. The molecule has 2 N–H and O–H groups in total. The molecule has 1 amide bonds. The third kappa shape index (κ3) is 5.72. The van der Waals surface area contributed by atoms with Crippen molar-refractivity contribution in [2.45, 2.75) is 33.6 Å². The monoisotopic (exact) mass is 450 g/mol. The number of benzene rings is 3. The van der Waals surface area contributed by atoms with Crippen molar-refractivity contribution < 1.29 is 4.79 Å². The van der Waals surface area contributed by atoms with Gasteiger partial charge in [-0.2, -0.15) is 0 Å². The topological polar surface area (TPSA) is 41.1 Å². The van der Waals surface area contributed by atoms with Crippen LogP contribution in [0.25, 0.3) is 0 Å². The quantitative estimate of drug-likeness (QED) is 0.275. The fourth-order valence-electron chi connectivity index (χ4n) is 3.43. The molecule has 0 aliphatic heterocycles. The molecule has 5 heteroatoms. The molecule has 0 fully saturated rings. The second-order valence-corrected chi connectivity index (χ2v) is 8.50. The third-order valence-corrected chi connectivity index (χ3v) is 5.99. The summed E-state index contributed by atoms with van der Waals surface area (Å²) in [6, 6.07) is 21.4. The van der Waals surface area contributed by atoms with Crippen LogP contribution in [-0.4, -0.2) is 10.8 Å². The number of amides is 1. The number of rotatable bonds is 8. The third-order valence-electron chi connectivity index (χ3n) is 5.24. The van der Waals surface area contributed by atoms with Crippen molar-refractivity contribution in [2.24, 2.45) is 5.92 Å². The zero-order valence-electron chi connectivity index (χ0n) is 18.0. The van der Waals surface area contributed by atoms with Gasteiger partial charge in [-0.15, -0.1) is 0 Å². The number of nitrogens with one attached hydrogen (secondary N) is 2. The zero-order valence-corrected chi connectivity index (χ0v) is 19.6. The van der Waals surface area contributed by atoms with Crippen LogP contribution in [0, 0.1) is 12.8 Å². The van der Waals surface area contributed by atoms with E-state index in [1.165, 1.54) is 0 Å². The average molecular weight is 451 g/mol. The SMILES string of the molecule is CCCC(C)C(=O)Nc1ccccc1Nc1ccc(C(=S)c2ccccc2C)c(Cl)c1. The molecule has 0 aromatic heterocycles. The predicted octanol–water partition coefficient (Wildman–Crippen LogP) is 7.53. The number of anilines is 3. The standard InChI is InChI=1S/C26H27ClN2OS/c1-4-9-18(3)26(30)29-24-13-8-7-12-23(24)28-19-14-15-21(22(27)16-19)25(31)20-11-6-5-10-17(20)2/h5-8,10-16,18,28H,4,9H2,1-3H3,(H,29,30). The van der Waals surface area contributed by atoms with Gasteiger partial charge in [0, 0.05) is 17.2 Å². The highest BCUT2D eigenvalue weighted by molar-refractivity contribution is 7.81. The molecule has 1 unspecified atom stereocenters. The number of halogens is 1. The average Bonchev–Trinajstić information content (AvgIpc) is 2.75. The Kier molecular flexibility index (Phi) is 7.83. The van der Waals surface area contributed by atoms with Crippen LogP contribution < -0.4 is 10.6 Å². The summed E-state index contributed by atoms with van der Waals surface area (Å²) in [5.41, 5.74) is 5.33. The number of thiocarbonyl (C=S) groups is 1. The van der Waals surface area contributed by atoms with E-state index in [1.807, 2.05) is 80.6 Å². The van der Waals surface area contributed by atoms with Crippen molar-refractivity contribution in [3.05, 3.63) is 88.4 Å². The van der Waals surface area contributed by atoms with Crippen molar-refractivity contribution in [3.63, 3.8) is 0 Å². The van der Waals surface area contributed by atoms with Crippen LogP contribution in [-0.2, 0) is 4.79 Å².